The van der Waals surface area contributed by atoms with E-state index in [-0.39, 0.29) is 11.9 Å². The van der Waals surface area contributed by atoms with E-state index in [2.05, 4.69) is 44.6 Å². The maximum absolute atomic E-state index is 13.3. The highest BCUT2D eigenvalue weighted by Gasteiger charge is 2.11. The first kappa shape index (κ1) is 16.6. The Balaban J connectivity index is 1.87. The summed E-state index contributed by atoms with van der Waals surface area (Å²) in [4.78, 5) is 2.29. The van der Waals surface area contributed by atoms with Gasteiger partial charge in [0.2, 0.25) is 0 Å². The normalized spacial score (nSPS) is 12.8. The molecule has 0 aliphatic carbocycles. The first-order valence-electron chi connectivity index (χ1n) is 6.92. The van der Waals surface area contributed by atoms with Crippen LogP contribution >= 0.6 is 27.3 Å². The van der Waals surface area contributed by atoms with Gasteiger partial charge in [0.1, 0.15) is 5.82 Å². The molecule has 0 spiro atoms. The lowest BCUT2D eigenvalue weighted by Gasteiger charge is -2.21. The summed E-state index contributed by atoms with van der Waals surface area (Å²) >= 11 is 5.20. The molecule has 0 saturated carbocycles. The molecule has 1 unspecified atom stereocenters. The van der Waals surface area contributed by atoms with Crippen LogP contribution in [0.25, 0.3) is 0 Å². The third-order valence-electron chi connectivity index (χ3n) is 3.47. The van der Waals surface area contributed by atoms with Gasteiger partial charge in [0, 0.05) is 12.6 Å². The lowest BCUT2D eigenvalue weighted by molar-refractivity contribution is 0.304. The van der Waals surface area contributed by atoms with E-state index in [0.29, 0.717) is 0 Å². The molecule has 1 atom stereocenters. The van der Waals surface area contributed by atoms with Crippen LogP contribution in [-0.2, 0) is 6.54 Å². The molecule has 114 valence electrons. The second-order valence-corrected chi connectivity index (χ2v) is 7.47. The fraction of sp³-hybridized carbons (Fsp3) is 0.375. The first-order chi connectivity index (χ1) is 10.1. The average molecular weight is 371 g/mol. The van der Waals surface area contributed by atoms with Gasteiger partial charge in [0.05, 0.1) is 3.79 Å². The van der Waals surface area contributed by atoms with Crippen molar-refractivity contribution in [3.8, 4) is 0 Å². The monoisotopic (exact) mass is 370 g/mol. The van der Waals surface area contributed by atoms with Crippen LogP contribution in [0.3, 0.4) is 0 Å². The standard InChI is InChI=1S/C16H20BrFN2S/c1-19-15(13-4-3-5-14(18)9-13)6-7-20(2)10-12-8-16(17)21-11-12/h3-5,8-9,11,15,19H,6-7,10H2,1-2H3. The van der Waals surface area contributed by atoms with Crippen LogP contribution in [0.1, 0.15) is 23.6 Å². The van der Waals surface area contributed by atoms with Crippen LogP contribution < -0.4 is 5.32 Å². The quantitative estimate of drug-likeness (QED) is 0.775. The summed E-state index contributed by atoms with van der Waals surface area (Å²) in [6.45, 7) is 1.89. The summed E-state index contributed by atoms with van der Waals surface area (Å²) in [6.07, 6.45) is 0.946. The molecule has 2 aromatic rings. The number of nitrogens with zero attached hydrogens (tertiary/aromatic N) is 1. The molecule has 2 nitrogen and oxygen atoms in total. The molecule has 0 radical (unpaired) electrons. The number of hydrogen-bond acceptors (Lipinski definition) is 3. The number of benzene rings is 1. The van der Waals surface area contributed by atoms with Crippen LogP contribution in [0.4, 0.5) is 4.39 Å². The zero-order valence-corrected chi connectivity index (χ0v) is 14.7. The Morgan fingerprint density at radius 1 is 1.38 bits per heavy atom. The topological polar surface area (TPSA) is 15.3 Å². The minimum Gasteiger partial charge on any atom is -0.313 e. The summed E-state index contributed by atoms with van der Waals surface area (Å²) < 4.78 is 14.5. The summed E-state index contributed by atoms with van der Waals surface area (Å²) in [5, 5.41) is 5.44. The van der Waals surface area contributed by atoms with Crippen LogP contribution in [0, 0.1) is 5.82 Å². The van der Waals surface area contributed by atoms with Crippen LogP contribution in [-0.4, -0.2) is 25.5 Å². The van der Waals surface area contributed by atoms with E-state index in [1.54, 1.807) is 23.5 Å². The van der Waals surface area contributed by atoms with E-state index < -0.39 is 0 Å². The predicted molar refractivity (Wildman–Crippen MR) is 91.2 cm³/mol. The molecule has 0 saturated heterocycles. The van der Waals surface area contributed by atoms with E-state index in [1.165, 1.54) is 15.4 Å². The van der Waals surface area contributed by atoms with E-state index >= 15 is 0 Å². The third-order valence-corrected chi connectivity index (χ3v) is 5.03. The van der Waals surface area contributed by atoms with Gasteiger partial charge in [0.25, 0.3) is 0 Å². The zero-order valence-electron chi connectivity index (χ0n) is 12.3. The number of hydrogen-bond donors (Lipinski definition) is 1. The zero-order chi connectivity index (χ0) is 15.2. The van der Waals surface area contributed by atoms with Crippen molar-refractivity contribution in [2.24, 2.45) is 0 Å². The second kappa shape index (κ2) is 8.03. The van der Waals surface area contributed by atoms with Gasteiger partial charge in [-0.2, -0.15) is 0 Å². The maximum Gasteiger partial charge on any atom is 0.123 e. The average Bonchev–Trinajstić information content (AvgIpc) is 2.85. The van der Waals surface area contributed by atoms with Crippen molar-refractivity contribution in [3.63, 3.8) is 0 Å². The smallest absolute Gasteiger partial charge is 0.123 e. The lowest BCUT2D eigenvalue weighted by Crippen LogP contribution is -2.25. The predicted octanol–water partition coefficient (Wildman–Crippen LogP) is 4.43. The van der Waals surface area contributed by atoms with Crippen molar-refractivity contribution in [1.29, 1.82) is 0 Å². The van der Waals surface area contributed by atoms with Crippen molar-refractivity contribution in [2.75, 3.05) is 20.6 Å². The van der Waals surface area contributed by atoms with E-state index in [0.717, 1.165) is 25.1 Å². The molecule has 0 aliphatic rings. The van der Waals surface area contributed by atoms with Gasteiger partial charge in [-0.1, -0.05) is 12.1 Å². The molecule has 2 rings (SSSR count). The highest BCUT2D eigenvalue weighted by molar-refractivity contribution is 9.11. The molecular weight excluding hydrogens is 351 g/mol. The minimum atomic E-state index is -0.177. The van der Waals surface area contributed by atoms with E-state index in [4.69, 9.17) is 0 Å². The summed E-state index contributed by atoms with van der Waals surface area (Å²) in [5.41, 5.74) is 2.32. The van der Waals surface area contributed by atoms with Gasteiger partial charge in [-0.25, -0.2) is 4.39 Å². The Labute approximate surface area is 138 Å². The minimum absolute atomic E-state index is 0.177. The van der Waals surface area contributed by atoms with Gasteiger partial charge in [-0.15, -0.1) is 11.3 Å². The largest absolute Gasteiger partial charge is 0.313 e. The number of nitrogens with one attached hydrogen (secondary N) is 1. The lowest BCUT2D eigenvalue weighted by atomic mass is 10.0. The van der Waals surface area contributed by atoms with Gasteiger partial charge in [-0.05, 0) is 77.7 Å². The molecule has 1 heterocycles. The van der Waals surface area contributed by atoms with E-state index in [9.17, 15) is 4.39 Å². The SMILES string of the molecule is CNC(CCN(C)Cc1csc(Br)c1)c1cccc(F)c1. The highest BCUT2D eigenvalue weighted by atomic mass is 79.9. The summed E-state index contributed by atoms with van der Waals surface area (Å²) in [5.74, 6) is -0.177. The Morgan fingerprint density at radius 2 is 2.19 bits per heavy atom. The molecule has 0 bridgehead atoms. The Morgan fingerprint density at radius 3 is 2.81 bits per heavy atom. The van der Waals surface area contributed by atoms with Crippen LogP contribution in [0.15, 0.2) is 39.5 Å². The molecular formula is C16H20BrFN2S. The Bertz CT molecular complexity index is 573. The van der Waals surface area contributed by atoms with E-state index in [1.807, 2.05) is 13.1 Å². The summed E-state index contributed by atoms with van der Waals surface area (Å²) in [6, 6.07) is 9.16. The van der Waals surface area contributed by atoms with Crippen molar-refractivity contribution in [2.45, 2.75) is 19.0 Å². The molecule has 0 amide bonds. The molecule has 5 heteroatoms. The van der Waals surface area contributed by atoms with Crippen LogP contribution in [0.5, 0.6) is 0 Å². The van der Waals surface area contributed by atoms with Crippen molar-refractivity contribution >= 4 is 27.3 Å². The van der Waals surface area contributed by atoms with Gasteiger partial charge < -0.3 is 10.2 Å². The van der Waals surface area contributed by atoms with Gasteiger partial charge in [0.15, 0.2) is 0 Å². The summed E-state index contributed by atoms with van der Waals surface area (Å²) in [7, 11) is 4.04. The molecule has 1 aromatic carbocycles. The molecule has 0 fully saturated rings. The van der Waals surface area contributed by atoms with Gasteiger partial charge >= 0.3 is 0 Å². The molecule has 1 aromatic heterocycles. The Kier molecular flexibility index (Phi) is 6.36. The maximum atomic E-state index is 13.3. The van der Waals surface area contributed by atoms with Gasteiger partial charge in [-0.3, -0.25) is 0 Å². The fourth-order valence-electron chi connectivity index (χ4n) is 2.37. The number of rotatable bonds is 7. The fourth-order valence-corrected chi connectivity index (χ4v) is 3.57. The van der Waals surface area contributed by atoms with Crippen molar-refractivity contribution in [3.05, 3.63) is 56.4 Å². The van der Waals surface area contributed by atoms with Crippen molar-refractivity contribution in [1.82, 2.24) is 10.2 Å². The molecule has 0 aliphatic heterocycles. The Hall–Kier alpha value is -0.750. The first-order valence-corrected chi connectivity index (χ1v) is 8.60. The molecule has 1 N–H and O–H groups in total. The highest BCUT2D eigenvalue weighted by Crippen LogP contribution is 2.22. The van der Waals surface area contributed by atoms with Crippen LogP contribution in [0.2, 0.25) is 0 Å². The number of halogens is 2. The second-order valence-electron chi connectivity index (χ2n) is 5.18. The number of thiophene rings is 1. The third kappa shape index (κ3) is 5.18. The molecule has 21 heavy (non-hydrogen) atoms. The van der Waals surface area contributed by atoms with Crippen molar-refractivity contribution < 1.29 is 4.39 Å².